The molecule has 1 aliphatic heterocycles. The molecule has 1 aromatic heterocycles. The predicted molar refractivity (Wildman–Crippen MR) is 108 cm³/mol. The van der Waals surface area contributed by atoms with Gasteiger partial charge in [0, 0.05) is 31.7 Å². The van der Waals surface area contributed by atoms with Crippen molar-refractivity contribution in [1.29, 1.82) is 0 Å². The first-order valence-electron chi connectivity index (χ1n) is 10.3. The normalized spacial score (nSPS) is 27.7. The van der Waals surface area contributed by atoms with E-state index in [4.69, 9.17) is 0 Å². The first kappa shape index (κ1) is 19.1. The van der Waals surface area contributed by atoms with Crippen molar-refractivity contribution in [1.82, 2.24) is 14.9 Å². The van der Waals surface area contributed by atoms with E-state index in [9.17, 15) is 9.90 Å². The summed E-state index contributed by atoms with van der Waals surface area (Å²) in [6, 6.07) is 12.5. The molecule has 5 nitrogen and oxygen atoms in total. The number of nitrogens with zero attached hydrogens (tertiary/aromatic N) is 3. The summed E-state index contributed by atoms with van der Waals surface area (Å²) >= 11 is 0. The minimum Gasteiger partial charge on any atom is -0.481 e. The number of rotatable bonds is 5. The summed E-state index contributed by atoms with van der Waals surface area (Å²) in [6.45, 7) is 6.33. The molecule has 1 aromatic carbocycles. The van der Waals surface area contributed by atoms with Crippen molar-refractivity contribution in [2.45, 2.75) is 51.5 Å². The number of carbonyl (C=O) groups is 1. The second-order valence-electron chi connectivity index (χ2n) is 8.77. The van der Waals surface area contributed by atoms with Crippen LogP contribution in [0.3, 0.4) is 0 Å². The lowest BCUT2D eigenvalue weighted by atomic mass is 9.64. The Balaban J connectivity index is 1.51. The number of hydrogen-bond acceptors (Lipinski definition) is 4. The molecule has 2 aromatic rings. The van der Waals surface area contributed by atoms with Crippen molar-refractivity contribution in [3.63, 3.8) is 0 Å². The summed E-state index contributed by atoms with van der Waals surface area (Å²) in [5.41, 5.74) is 1.72. The van der Waals surface area contributed by atoms with Gasteiger partial charge in [0.1, 0.15) is 5.82 Å². The molecule has 28 heavy (non-hydrogen) atoms. The number of carboxylic acids is 1. The zero-order chi connectivity index (χ0) is 19.7. The number of benzene rings is 1. The van der Waals surface area contributed by atoms with E-state index < -0.39 is 11.4 Å². The SMILES string of the molecule is CC(C)c1nccc(CN2C[C@@H]3C[C@@H](c4ccccc4)CC[C@]3(C(=O)O)C2)n1. The number of hydrogen-bond donors (Lipinski definition) is 1. The largest absolute Gasteiger partial charge is 0.481 e. The fourth-order valence-corrected chi connectivity index (χ4v) is 5.06. The van der Waals surface area contributed by atoms with Gasteiger partial charge in [-0.05, 0) is 42.7 Å². The molecule has 2 fully saturated rings. The molecule has 5 heteroatoms. The Morgan fingerprint density at radius 3 is 2.79 bits per heavy atom. The van der Waals surface area contributed by atoms with E-state index >= 15 is 0 Å². The summed E-state index contributed by atoms with van der Waals surface area (Å²) in [7, 11) is 0. The fraction of sp³-hybridized carbons (Fsp3) is 0.522. The van der Waals surface area contributed by atoms with E-state index in [2.05, 4.69) is 53.0 Å². The molecular weight excluding hydrogens is 350 g/mol. The second-order valence-corrected chi connectivity index (χ2v) is 8.77. The van der Waals surface area contributed by atoms with E-state index in [0.717, 1.165) is 37.3 Å². The molecule has 1 saturated carbocycles. The summed E-state index contributed by atoms with van der Waals surface area (Å²) in [6.07, 6.45) is 4.47. The Bertz CT molecular complexity index is 839. The molecule has 1 saturated heterocycles. The smallest absolute Gasteiger partial charge is 0.311 e. The molecule has 148 valence electrons. The van der Waals surface area contributed by atoms with Crippen molar-refractivity contribution in [3.05, 3.63) is 59.7 Å². The number of aliphatic carboxylic acids is 1. The van der Waals surface area contributed by atoms with Gasteiger partial charge >= 0.3 is 5.97 Å². The van der Waals surface area contributed by atoms with Gasteiger partial charge in [-0.1, -0.05) is 44.2 Å². The van der Waals surface area contributed by atoms with E-state index in [1.54, 1.807) is 0 Å². The van der Waals surface area contributed by atoms with Gasteiger partial charge in [0.2, 0.25) is 0 Å². The average Bonchev–Trinajstić information content (AvgIpc) is 3.07. The maximum Gasteiger partial charge on any atom is 0.311 e. The first-order valence-corrected chi connectivity index (χ1v) is 10.3. The summed E-state index contributed by atoms with van der Waals surface area (Å²) in [5, 5.41) is 10.1. The van der Waals surface area contributed by atoms with Crippen LogP contribution in [-0.4, -0.2) is 39.0 Å². The Morgan fingerprint density at radius 2 is 2.07 bits per heavy atom. The summed E-state index contributed by atoms with van der Waals surface area (Å²) in [4.78, 5) is 23.6. The van der Waals surface area contributed by atoms with Crippen LogP contribution in [0.1, 0.15) is 62.0 Å². The van der Waals surface area contributed by atoms with Gasteiger partial charge < -0.3 is 5.11 Å². The van der Waals surface area contributed by atoms with E-state index in [-0.39, 0.29) is 11.8 Å². The Kier molecular flexibility index (Phi) is 5.19. The topological polar surface area (TPSA) is 66.3 Å². The van der Waals surface area contributed by atoms with Gasteiger partial charge in [0.25, 0.3) is 0 Å². The van der Waals surface area contributed by atoms with Gasteiger partial charge in [-0.15, -0.1) is 0 Å². The van der Waals surface area contributed by atoms with Crippen molar-refractivity contribution >= 4 is 5.97 Å². The quantitative estimate of drug-likeness (QED) is 0.848. The number of aromatic nitrogens is 2. The zero-order valence-corrected chi connectivity index (χ0v) is 16.7. The van der Waals surface area contributed by atoms with Crippen LogP contribution in [0.4, 0.5) is 0 Å². The van der Waals surface area contributed by atoms with Crippen LogP contribution >= 0.6 is 0 Å². The first-order chi connectivity index (χ1) is 13.5. The molecule has 1 aliphatic carbocycles. The van der Waals surface area contributed by atoms with E-state index in [0.29, 0.717) is 19.0 Å². The van der Waals surface area contributed by atoms with Crippen molar-refractivity contribution in [2.24, 2.45) is 11.3 Å². The molecule has 3 atom stereocenters. The van der Waals surface area contributed by atoms with Gasteiger partial charge in [0.05, 0.1) is 11.1 Å². The Hall–Kier alpha value is -2.27. The van der Waals surface area contributed by atoms with Crippen molar-refractivity contribution in [3.8, 4) is 0 Å². The molecule has 0 amide bonds. The highest BCUT2D eigenvalue weighted by molar-refractivity contribution is 5.76. The molecule has 2 heterocycles. The summed E-state index contributed by atoms with van der Waals surface area (Å²) in [5.74, 6) is 1.17. The molecule has 0 bridgehead atoms. The molecule has 0 radical (unpaired) electrons. The zero-order valence-electron chi connectivity index (χ0n) is 16.7. The van der Waals surface area contributed by atoms with Crippen molar-refractivity contribution < 1.29 is 9.90 Å². The third-order valence-electron chi connectivity index (χ3n) is 6.60. The van der Waals surface area contributed by atoms with Crippen LogP contribution in [0.15, 0.2) is 42.6 Å². The van der Waals surface area contributed by atoms with Crippen LogP contribution in [0.2, 0.25) is 0 Å². The molecule has 2 aliphatic rings. The maximum absolute atomic E-state index is 12.3. The minimum absolute atomic E-state index is 0.190. The summed E-state index contributed by atoms with van der Waals surface area (Å²) < 4.78 is 0. The molecule has 0 spiro atoms. The number of fused-ring (bicyclic) bond motifs is 1. The highest BCUT2D eigenvalue weighted by Crippen LogP contribution is 2.51. The maximum atomic E-state index is 12.3. The lowest BCUT2D eigenvalue weighted by Gasteiger charge is -2.38. The highest BCUT2D eigenvalue weighted by atomic mass is 16.4. The monoisotopic (exact) mass is 379 g/mol. The third-order valence-corrected chi connectivity index (χ3v) is 6.60. The highest BCUT2D eigenvalue weighted by Gasteiger charge is 2.54. The van der Waals surface area contributed by atoms with Gasteiger partial charge in [-0.3, -0.25) is 9.69 Å². The van der Waals surface area contributed by atoms with Crippen LogP contribution < -0.4 is 0 Å². The third kappa shape index (κ3) is 3.55. The lowest BCUT2D eigenvalue weighted by Crippen LogP contribution is -2.42. The standard InChI is InChI=1S/C23H29N3O2/c1-16(2)21-24-11-9-20(25-21)14-26-13-19-12-18(17-6-4-3-5-7-17)8-10-23(19,15-26)22(27)28/h3-7,9,11,16,18-19H,8,10,12-15H2,1-2H3,(H,27,28)/t18-,19-,23-/m0/s1. The molecule has 1 N–H and O–H groups in total. The second kappa shape index (κ2) is 7.63. The predicted octanol–water partition coefficient (Wildman–Crippen LogP) is 4.07. The van der Waals surface area contributed by atoms with E-state index in [1.807, 2.05) is 18.3 Å². The molecule has 4 rings (SSSR count). The van der Waals surface area contributed by atoms with Crippen molar-refractivity contribution in [2.75, 3.05) is 13.1 Å². The van der Waals surface area contributed by atoms with Gasteiger partial charge in [-0.25, -0.2) is 9.97 Å². The van der Waals surface area contributed by atoms with Gasteiger partial charge in [-0.2, -0.15) is 0 Å². The van der Waals surface area contributed by atoms with Crippen LogP contribution in [0.25, 0.3) is 0 Å². The van der Waals surface area contributed by atoms with Crippen LogP contribution in [-0.2, 0) is 11.3 Å². The number of likely N-dealkylation sites (tertiary alicyclic amines) is 1. The van der Waals surface area contributed by atoms with Gasteiger partial charge in [0.15, 0.2) is 0 Å². The van der Waals surface area contributed by atoms with Crippen LogP contribution in [0.5, 0.6) is 0 Å². The van der Waals surface area contributed by atoms with E-state index in [1.165, 1.54) is 5.56 Å². The molecular formula is C23H29N3O2. The van der Waals surface area contributed by atoms with Crippen LogP contribution in [0, 0.1) is 11.3 Å². The Labute approximate surface area is 166 Å². The fourth-order valence-electron chi connectivity index (χ4n) is 5.06. The lowest BCUT2D eigenvalue weighted by molar-refractivity contribution is -0.152. The minimum atomic E-state index is -0.628. The number of carboxylic acid groups (broad SMARTS) is 1. The molecule has 0 unspecified atom stereocenters. The average molecular weight is 380 g/mol. The Morgan fingerprint density at radius 1 is 1.29 bits per heavy atom.